The molecule has 0 bridgehead atoms. The molecule has 3 heterocycles. The van der Waals surface area contributed by atoms with E-state index in [1.807, 2.05) is 6.07 Å². The van der Waals surface area contributed by atoms with E-state index >= 15 is 0 Å². The van der Waals surface area contributed by atoms with Crippen LogP contribution in [-0.4, -0.2) is 58.3 Å². The second-order valence-electron chi connectivity index (χ2n) is 9.46. The maximum absolute atomic E-state index is 13.6. The molecule has 5 rings (SSSR count). The van der Waals surface area contributed by atoms with Gasteiger partial charge in [0.25, 0.3) is 6.43 Å². The fourth-order valence-corrected chi connectivity index (χ4v) is 4.85. The Labute approximate surface area is 234 Å². The van der Waals surface area contributed by atoms with Gasteiger partial charge >= 0.3 is 0 Å². The standard InChI is InChI=1S/C29H25F2N5O3S/c1-36-10-9-21(29(36)38)18-6-7-19(22(11-18)23-12-24(26(30)31)32-15-25(23)39-2)13-33-27-28(40-16-37)35-20(14-34-27)8-5-17-3-4-17/h6-7,11-17,21,26H,3-4,9-10H2,1-2H3. The first kappa shape index (κ1) is 27.4. The van der Waals surface area contributed by atoms with Gasteiger partial charge in [-0.15, -0.1) is 0 Å². The molecule has 0 spiro atoms. The molecule has 8 nitrogen and oxygen atoms in total. The molecule has 1 saturated carbocycles. The van der Waals surface area contributed by atoms with Gasteiger partial charge in [0, 0.05) is 36.9 Å². The average molecular weight is 562 g/mol. The zero-order valence-corrected chi connectivity index (χ0v) is 22.6. The summed E-state index contributed by atoms with van der Waals surface area (Å²) in [5.41, 5.74) is 2.93. The lowest BCUT2D eigenvalue weighted by molar-refractivity contribution is -0.127. The summed E-state index contributed by atoms with van der Waals surface area (Å²) in [6.07, 6.45) is 4.30. The first-order chi connectivity index (χ1) is 19.4. The van der Waals surface area contributed by atoms with E-state index in [1.165, 1.54) is 31.8 Å². The summed E-state index contributed by atoms with van der Waals surface area (Å²) in [5.74, 6) is 6.65. The molecule has 1 aromatic carbocycles. The van der Waals surface area contributed by atoms with Crippen LogP contribution in [0.2, 0.25) is 0 Å². The number of ether oxygens (including phenoxy) is 1. The number of alkyl halides is 2. The van der Waals surface area contributed by atoms with Gasteiger partial charge in [0.15, 0.2) is 11.4 Å². The Hall–Kier alpha value is -4.17. The number of nitrogens with zero attached hydrogens (tertiary/aromatic N) is 5. The van der Waals surface area contributed by atoms with Crippen molar-refractivity contribution in [2.75, 3.05) is 20.7 Å². The Kier molecular flexibility index (Phi) is 8.16. The predicted molar refractivity (Wildman–Crippen MR) is 148 cm³/mol. The summed E-state index contributed by atoms with van der Waals surface area (Å²) >= 11 is 0.843. The number of carbonyl (C=O) groups excluding carboxylic acids is 2. The van der Waals surface area contributed by atoms with E-state index in [4.69, 9.17) is 4.74 Å². The minimum Gasteiger partial charge on any atom is -0.494 e. The lowest BCUT2D eigenvalue weighted by Gasteiger charge is -2.16. The lowest BCUT2D eigenvalue weighted by Crippen LogP contribution is -2.21. The Morgan fingerprint density at radius 1 is 1.18 bits per heavy atom. The topological polar surface area (TPSA) is 97.6 Å². The van der Waals surface area contributed by atoms with Crippen LogP contribution < -0.4 is 4.74 Å². The number of amides is 1. The summed E-state index contributed by atoms with van der Waals surface area (Å²) in [7, 11) is 3.19. The van der Waals surface area contributed by atoms with Gasteiger partial charge in [-0.05, 0) is 60.2 Å². The number of aromatic nitrogens is 3. The van der Waals surface area contributed by atoms with Gasteiger partial charge in [-0.2, -0.15) is 0 Å². The van der Waals surface area contributed by atoms with Gasteiger partial charge in [-0.3, -0.25) is 14.6 Å². The molecule has 1 atom stereocenters. The van der Waals surface area contributed by atoms with Crippen molar-refractivity contribution in [2.45, 2.75) is 36.6 Å². The fraction of sp³-hybridized carbons (Fsp3) is 0.310. The van der Waals surface area contributed by atoms with Crippen LogP contribution in [0.3, 0.4) is 0 Å². The maximum atomic E-state index is 13.6. The lowest BCUT2D eigenvalue weighted by atomic mass is 9.91. The summed E-state index contributed by atoms with van der Waals surface area (Å²) in [6, 6.07) is 6.69. The number of likely N-dealkylation sites (N-methyl/N-ethyl adjacent to an activating group) is 1. The number of carbonyl (C=O) groups is 2. The maximum Gasteiger partial charge on any atom is 0.280 e. The van der Waals surface area contributed by atoms with Crippen molar-refractivity contribution in [1.82, 2.24) is 19.9 Å². The number of hydrogen-bond acceptors (Lipinski definition) is 8. The molecule has 0 N–H and O–H groups in total. The Bertz CT molecular complexity index is 1550. The van der Waals surface area contributed by atoms with Crippen LogP contribution in [0.15, 0.2) is 46.7 Å². The Morgan fingerprint density at radius 2 is 2.00 bits per heavy atom. The SMILES string of the molecule is COc1cnc(C(F)F)cc1-c1cc(C2CCN(C)C2=O)ccc1C=Nc1ncc(C#CC2CC2)nc1SC=O. The molecule has 2 aliphatic rings. The van der Waals surface area contributed by atoms with Crippen molar-refractivity contribution in [3.63, 3.8) is 0 Å². The highest BCUT2D eigenvalue weighted by Crippen LogP contribution is 2.38. The number of likely N-dealkylation sites (tertiary alicyclic amines) is 1. The molecule has 1 unspecified atom stereocenters. The number of thioether (sulfide) groups is 1. The monoisotopic (exact) mass is 561 g/mol. The van der Waals surface area contributed by atoms with Gasteiger partial charge < -0.3 is 9.64 Å². The third-order valence-electron chi connectivity index (χ3n) is 6.72. The number of halogens is 2. The predicted octanol–water partition coefficient (Wildman–Crippen LogP) is 5.22. The average Bonchev–Trinajstić information content (AvgIpc) is 3.74. The van der Waals surface area contributed by atoms with Crippen molar-refractivity contribution in [2.24, 2.45) is 10.9 Å². The quantitative estimate of drug-likeness (QED) is 0.161. The molecule has 1 aliphatic heterocycles. The molecule has 2 aromatic heterocycles. The van der Waals surface area contributed by atoms with Gasteiger partial charge in [0.05, 0.1) is 25.4 Å². The number of rotatable bonds is 8. The van der Waals surface area contributed by atoms with Crippen molar-refractivity contribution in [3.05, 3.63) is 59.2 Å². The summed E-state index contributed by atoms with van der Waals surface area (Å²) < 4.78 is 32.7. The second-order valence-corrected chi connectivity index (χ2v) is 10.3. The number of aliphatic imine (C=N–C) groups is 1. The Balaban J connectivity index is 1.58. The fourth-order valence-electron chi connectivity index (χ4n) is 4.39. The van der Waals surface area contributed by atoms with E-state index in [0.29, 0.717) is 57.7 Å². The van der Waals surface area contributed by atoms with Crippen molar-refractivity contribution in [1.29, 1.82) is 0 Å². The van der Waals surface area contributed by atoms with Gasteiger partial charge in [0.2, 0.25) is 5.91 Å². The molecule has 40 heavy (non-hydrogen) atoms. The highest BCUT2D eigenvalue weighted by Gasteiger charge is 2.31. The number of pyridine rings is 1. The second kappa shape index (κ2) is 11.9. The van der Waals surface area contributed by atoms with Crippen LogP contribution in [0.4, 0.5) is 14.6 Å². The summed E-state index contributed by atoms with van der Waals surface area (Å²) in [5, 5.41) is 0.299. The first-order valence-corrected chi connectivity index (χ1v) is 13.5. The third kappa shape index (κ3) is 6.02. The highest BCUT2D eigenvalue weighted by molar-refractivity contribution is 8.11. The smallest absolute Gasteiger partial charge is 0.280 e. The summed E-state index contributed by atoms with van der Waals surface area (Å²) in [6.45, 7) is 0.632. The molecule has 11 heteroatoms. The molecule has 1 amide bonds. The van der Waals surface area contributed by atoms with Crippen LogP contribution in [0.1, 0.15) is 54.1 Å². The van der Waals surface area contributed by atoms with Crippen LogP contribution in [0.25, 0.3) is 11.1 Å². The van der Waals surface area contributed by atoms with E-state index < -0.39 is 12.1 Å². The first-order valence-electron chi connectivity index (χ1n) is 12.6. The third-order valence-corrected chi connectivity index (χ3v) is 7.31. The minimum absolute atomic E-state index is 0.00184. The van der Waals surface area contributed by atoms with Crippen LogP contribution in [-0.2, 0) is 9.59 Å². The zero-order valence-electron chi connectivity index (χ0n) is 21.8. The Morgan fingerprint density at radius 3 is 2.67 bits per heavy atom. The number of benzene rings is 1. The van der Waals surface area contributed by atoms with E-state index in [-0.39, 0.29) is 17.6 Å². The van der Waals surface area contributed by atoms with E-state index in [9.17, 15) is 18.4 Å². The van der Waals surface area contributed by atoms with Crippen molar-refractivity contribution < 1.29 is 23.1 Å². The minimum atomic E-state index is -2.78. The number of hydrogen-bond donors (Lipinski definition) is 0. The van der Waals surface area contributed by atoms with Crippen LogP contribution >= 0.6 is 11.8 Å². The highest BCUT2D eigenvalue weighted by atomic mass is 32.2. The molecule has 1 saturated heterocycles. The molecule has 204 valence electrons. The molecule has 0 radical (unpaired) electrons. The van der Waals surface area contributed by atoms with Crippen LogP contribution in [0, 0.1) is 17.8 Å². The van der Waals surface area contributed by atoms with E-state index in [2.05, 4.69) is 31.8 Å². The molecular formula is C29H25F2N5O3S. The molecular weight excluding hydrogens is 536 g/mol. The molecule has 1 aliphatic carbocycles. The van der Waals surface area contributed by atoms with Crippen molar-refractivity contribution in [3.8, 4) is 28.7 Å². The normalized spacial score (nSPS) is 16.9. The van der Waals surface area contributed by atoms with Gasteiger partial charge in [-0.1, -0.05) is 18.1 Å². The van der Waals surface area contributed by atoms with Gasteiger partial charge in [0.1, 0.15) is 22.2 Å². The van der Waals surface area contributed by atoms with E-state index in [0.717, 1.165) is 30.2 Å². The molecule has 3 aromatic rings. The number of methoxy groups -OCH3 is 1. The van der Waals surface area contributed by atoms with Crippen molar-refractivity contribution >= 4 is 35.3 Å². The largest absolute Gasteiger partial charge is 0.494 e. The van der Waals surface area contributed by atoms with Crippen LogP contribution in [0.5, 0.6) is 5.75 Å². The van der Waals surface area contributed by atoms with Gasteiger partial charge in [-0.25, -0.2) is 23.7 Å². The van der Waals surface area contributed by atoms with E-state index in [1.54, 1.807) is 24.1 Å². The summed E-state index contributed by atoms with van der Waals surface area (Å²) in [4.78, 5) is 42.8. The molecule has 2 fully saturated rings. The zero-order chi connectivity index (χ0) is 28.2.